The molecule has 3 aromatic carbocycles. The zero-order valence-electron chi connectivity index (χ0n) is 25.5. The molecule has 1 fully saturated rings. The van der Waals surface area contributed by atoms with Crippen LogP contribution in [-0.4, -0.2) is 78.1 Å². The van der Waals surface area contributed by atoms with E-state index >= 15 is 0 Å². The maximum atomic E-state index is 13.4. The summed E-state index contributed by atoms with van der Waals surface area (Å²) in [5, 5.41) is 48.7. The number of piperidine rings is 1. The molecule has 3 aliphatic heterocycles. The average molecular weight is 673 g/mol. The van der Waals surface area contributed by atoms with Gasteiger partial charge >= 0.3 is 11.9 Å². The summed E-state index contributed by atoms with van der Waals surface area (Å²) in [7, 11) is 0. The van der Waals surface area contributed by atoms with Crippen LogP contribution in [-0.2, 0) is 16.9 Å². The van der Waals surface area contributed by atoms with Crippen LogP contribution in [0.2, 0.25) is 0 Å². The van der Waals surface area contributed by atoms with E-state index in [1.54, 1.807) is 24.3 Å². The van der Waals surface area contributed by atoms with Gasteiger partial charge in [-0.15, -0.1) is 0 Å². The number of aromatic nitrogens is 2. The van der Waals surface area contributed by atoms with Crippen molar-refractivity contribution in [1.29, 1.82) is 0 Å². The summed E-state index contributed by atoms with van der Waals surface area (Å²) in [5.41, 5.74) is 1.30. The Bertz CT molecular complexity index is 1870. The number of carbonyl (C=O) groups is 1. The largest absolute Gasteiger partial charge is 0.508 e. The molecule has 1 saturated heterocycles. The van der Waals surface area contributed by atoms with Gasteiger partial charge in [0.25, 0.3) is 0 Å². The molecule has 1 spiro atoms. The Morgan fingerprint density at radius 1 is 1.04 bits per heavy atom. The van der Waals surface area contributed by atoms with Crippen molar-refractivity contribution in [1.82, 2.24) is 19.8 Å². The number of ether oxygens (including phenoxy) is 2. The third-order valence-corrected chi connectivity index (χ3v) is 9.27. The third-order valence-electron chi connectivity index (χ3n) is 9.02. The Morgan fingerprint density at radius 3 is 2.38 bits per heavy atom. The number of aromatic hydroxyl groups is 2. The van der Waals surface area contributed by atoms with Crippen LogP contribution in [0.1, 0.15) is 39.9 Å². The molecule has 1 aromatic heterocycles. The molecule has 0 aliphatic carbocycles. The zero-order valence-corrected chi connectivity index (χ0v) is 26.4. The van der Waals surface area contributed by atoms with Crippen LogP contribution in [0.15, 0.2) is 67.0 Å². The van der Waals surface area contributed by atoms with Gasteiger partial charge in [0.05, 0.1) is 18.2 Å². The highest BCUT2D eigenvalue weighted by Crippen LogP contribution is 2.57. The standard InChI is InChI=1S/C33H32N6O8S/c40-21-2-5-26-28(14-21)46-29-15-22(41)3-6-27(29)33(26)25-4-1-20(13-24(25)30(43)47-33)36-31(48)35-16-19-7-10-37(11-8-19)17-23(42)18-38-12-9-34-32(38)39(44)45/h1-6,9,12-15,19,23,40-42H,7-8,10-11,16-18H2,(H2,35,36,48). The number of nitrogens with one attached hydrogen (secondary N) is 2. The molecule has 1 atom stereocenters. The van der Waals surface area contributed by atoms with Crippen molar-refractivity contribution in [2.75, 3.05) is 31.5 Å². The number of rotatable bonds is 8. The molecular formula is C33H32N6O8S. The van der Waals surface area contributed by atoms with Crippen molar-refractivity contribution in [2.45, 2.75) is 31.1 Å². The molecule has 0 amide bonds. The van der Waals surface area contributed by atoms with E-state index in [1.165, 1.54) is 41.2 Å². The highest BCUT2D eigenvalue weighted by Gasteiger charge is 2.53. The zero-order chi connectivity index (χ0) is 33.6. The minimum absolute atomic E-state index is 0.0152. The first-order chi connectivity index (χ1) is 23.1. The second kappa shape index (κ2) is 12.4. The van der Waals surface area contributed by atoms with E-state index < -0.39 is 22.6 Å². The van der Waals surface area contributed by atoms with E-state index in [1.807, 2.05) is 6.07 Å². The van der Waals surface area contributed by atoms with Gasteiger partial charge in [-0.3, -0.25) is 0 Å². The van der Waals surface area contributed by atoms with E-state index in [2.05, 4.69) is 20.5 Å². The number of esters is 1. The van der Waals surface area contributed by atoms with Gasteiger partial charge in [-0.05, 0) is 85.4 Å². The number of imidazole rings is 1. The number of aliphatic hydroxyl groups excluding tert-OH is 1. The first-order valence-electron chi connectivity index (χ1n) is 15.4. The fraction of sp³-hybridized carbons (Fsp3) is 0.303. The summed E-state index contributed by atoms with van der Waals surface area (Å²) in [6.07, 6.45) is 3.86. The Hall–Kier alpha value is -5.25. The van der Waals surface area contributed by atoms with Crippen LogP contribution in [0, 0.1) is 16.0 Å². The summed E-state index contributed by atoms with van der Waals surface area (Å²) in [4.78, 5) is 29.8. The van der Waals surface area contributed by atoms with Gasteiger partial charge < -0.3 is 50.4 Å². The van der Waals surface area contributed by atoms with Crippen LogP contribution < -0.4 is 15.4 Å². The number of carbonyl (C=O) groups excluding carboxylic acids is 1. The van der Waals surface area contributed by atoms with Crippen molar-refractivity contribution in [3.8, 4) is 23.0 Å². The minimum Gasteiger partial charge on any atom is -0.508 e. The predicted octanol–water partition coefficient (Wildman–Crippen LogP) is 3.83. The molecule has 1 unspecified atom stereocenters. The number of nitrogens with zero attached hydrogens (tertiary/aromatic N) is 4. The van der Waals surface area contributed by atoms with Gasteiger partial charge in [-0.1, -0.05) is 11.1 Å². The van der Waals surface area contributed by atoms with Gasteiger partial charge in [0.15, 0.2) is 10.7 Å². The number of fused-ring (bicyclic) bond motifs is 6. The van der Waals surface area contributed by atoms with E-state index in [9.17, 15) is 30.2 Å². The van der Waals surface area contributed by atoms with Crippen molar-refractivity contribution < 1.29 is 34.5 Å². The van der Waals surface area contributed by atoms with E-state index in [4.69, 9.17) is 21.7 Å². The number of benzene rings is 3. The van der Waals surface area contributed by atoms with Crippen LogP contribution in [0.4, 0.5) is 11.6 Å². The number of hydrogen-bond donors (Lipinski definition) is 5. The van der Waals surface area contributed by atoms with E-state index in [0.29, 0.717) is 63.6 Å². The smallest absolute Gasteiger partial charge is 0.434 e. The Kier molecular flexibility index (Phi) is 8.10. The number of anilines is 1. The number of phenolic OH excluding ortho intramolecular Hbond substituents is 2. The highest BCUT2D eigenvalue weighted by atomic mass is 32.1. The molecule has 3 aliphatic rings. The lowest BCUT2D eigenvalue weighted by atomic mass is 9.77. The third kappa shape index (κ3) is 5.76. The lowest BCUT2D eigenvalue weighted by Gasteiger charge is -2.36. The molecule has 7 rings (SSSR count). The SMILES string of the molecule is O=C1OC2(c3ccc(O)cc3Oc3cc(O)ccc32)c2ccc(NC(=S)NCC3CCN(CC(O)Cn4ccnc4[N+](=O)[O-])CC3)cc21. The van der Waals surface area contributed by atoms with Gasteiger partial charge in [-0.25, -0.2) is 9.36 Å². The number of aliphatic hydroxyl groups is 1. The van der Waals surface area contributed by atoms with Crippen LogP contribution >= 0.6 is 12.2 Å². The summed E-state index contributed by atoms with van der Waals surface area (Å²) in [6.45, 7) is 2.71. The van der Waals surface area contributed by atoms with Gasteiger partial charge in [-0.2, -0.15) is 0 Å². The lowest BCUT2D eigenvalue weighted by molar-refractivity contribution is -0.397. The second-order valence-electron chi connectivity index (χ2n) is 12.2. The fourth-order valence-corrected chi connectivity index (χ4v) is 6.97. The Morgan fingerprint density at radius 2 is 1.71 bits per heavy atom. The number of thiocarbonyl (C=S) groups is 1. The molecule has 15 heteroatoms. The van der Waals surface area contributed by atoms with Crippen LogP contribution in [0.25, 0.3) is 0 Å². The first-order valence-corrected chi connectivity index (χ1v) is 15.8. The Balaban J connectivity index is 0.971. The average Bonchev–Trinajstić information content (AvgIpc) is 3.63. The number of likely N-dealkylation sites (tertiary alicyclic amines) is 1. The molecule has 0 bridgehead atoms. The molecular weight excluding hydrogens is 640 g/mol. The lowest BCUT2D eigenvalue weighted by Crippen LogP contribution is -2.43. The van der Waals surface area contributed by atoms with Crippen LogP contribution in [0.5, 0.6) is 23.0 Å². The van der Waals surface area contributed by atoms with E-state index in [-0.39, 0.29) is 24.0 Å². The number of hydrogen-bond acceptors (Lipinski definition) is 11. The summed E-state index contributed by atoms with van der Waals surface area (Å²) < 4.78 is 13.5. The molecule has 0 saturated carbocycles. The minimum atomic E-state index is -1.34. The monoisotopic (exact) mass is 672 g/mol. The quantitative estimate of drug-likeness (QED) is 0.0788. The molecule has 4 heterocycles. The molecule has 48 heavy (non-hydrogen) atoms. The fourth-order valence-electron chi connectivity index (χ4n) is 6.77. The molecule has 4 aromatic rings. The number of nitro groups is 1. The second-order valence-corrected chi connectivity index (χ2v) is 12.6. The Labute approximate surface area is 279 Å². The van der Waals surface area contributed by atoms with Crippen LogP contribution in [0.3, 0.4) is 0 Å². The summed E-state index contributed by atoms with van der Waals surface area (Å²) in [6, 6.07) is 14.5. The number of phenols is 2. The maximum Gasteiger partial charge on any atom is 0.434 e. The first kappa shape index (κ1) is 31.4. The highest BCUT2D eigenvalue weighted by molar-refractivity contribution is 7.80. The molecule has 0 radical (unpaired) electrons. The van der Waals surface area contributed by atoms with E-state index in [0.717, 1.165) is 25.9 Å². The number of β-amino-alcohol motifs (C(OH)–C–C–N with tert-alkyl or cyclic N) is 1. The van der Waals surface area contributed by atoms with Crippen molar-refractivity contribution in [3.63, 3.8) is 0 Å². The predicted molar refractivity (Wildman–Crippen MR) is 176 cm³/mol. The van der Waals surface area contributed by atoms with Crippen molar-refractivity contribution in [2.24, 2.45) is 5.92 Å². The molecule has 14 nitrogen and oxygen atoms in total. The maximum absolute atomic E-state index is 13.4. The van der Waals surface area contributed by atoms with Crippen molar-refractivity contribution in [3.05, 3.63) is 99.4 Å². The van der Waals surface area contributed by atoms with Crippen molar-refractivity contribution >= 4 is 34.9 Å². The normalized spacial score (nSPS) is 17.1. The topological polar surface area (TPSA) is 184 Å². The molecule has 248 valence electrons. The molecule has 5 N–H and O–H groups in total. The summed E-state index contributed by atoms with van der Waals surface area (Å²) >= 11 is 5.57. The van der Waals surface area contributed by atoms with Gasteiger partial charge in [0, 0.05) is 47.6 Å². The van der Waals surface area contributed by atoms with Gasteiger partial charge in [0.1, 0.15) is 35.4 Å². The van der Waals surface area contributed by atoms with Gasteiger partial charge in [0.2, 0.25) is 0 Å². The summed E-state index contributed by atoms with van der Waals surface area (Å²) in [5.74, 6) is 0.125.